The van der Waals surface area contributed by atoms with Gasteiger partial charge in [0.05, 0.1) is 15.8 Å². The van der Waals surface area contributed by atoms with Crippen LogP contribution >= 0.6 is 11.3 Å². The molecule has 0 atom stereocenters. The molecule has 0 spiro atoms. The van der Waals surface area contributed by atoms with Gasteiger partial charge in [0.15, 0.2) is 23.2 Å². The van der Waals surface area contributed by atoms with Gasteiger partial charge in [-0.2, -0.15) is 0 Å². The molecule has 0 saturated heterocycles. The zero-order valence-corrected chi connectivity index (χ0v) is 16.2. The molecule has 0 saturated carbocycles. The third-order valence-corrected chi connectivity index (χ3v) is 5.11. The Morgan fingerprint density at radius 1 is 1.14 bits per heavy atom. The van der Waals surface area contributed by atoms with Crippen molar-refractivity contribution in [1.29, 1.82) is 0 Å². The third kappa shape index (κ3) is 3.77. The van der Waals surface area contributed by atoms with Gasteiger partial charge in [-0.25, -0.2) is 9.78 Å². The molecule has 1 N–H and O–H groups in total. The highest BCUT2D eigenvalue weighted by Crippen LogP contribution is 2.31. The lowest BCUT2D eigenvalue weighted by molar-refractivity contribution is -0.119. The van der Waals surface area contributed by atoms with E-state index in [1.54, 1.807) is 18.2 Å². The summed E-state index contributed by atoms with van der Waals surface area (Å²) < 4.78 is 17.0. The predicted octanol–water partition coefficient (Wildman–Crippen LogP) is 3.48. The second-order valence-electron chi connectivity index (χ2n) is 6.43. The van der Waals surface area contributed by atoms with Crippen LogP contribution in [0.1, 0.15) is 21.5 Å². The number of anilines is 1. The number of benzene rings is 2. The summed E-state index contributed by atoms with van der Waals surface area (Å²) in [6.07, 6.45) is 0. The van der Waals surface area contributed by atoms with E-state index in [2.05, 4.69) is 10.3 Å². The van der Waals surface area contributed by atoms with Gasteiger partial charge in [0.25, 0.3) is 5.91 Å². The number of fused-ring (bicyclic) bond motifs is 2. The number of ether oxygens (including phenoxy) is 3. The van der Waals surface area contributed by atoms with E-state index in [0.29, 0.717) is 35.4 Å². The van der Waals surface area contributed by atoms with Gasteiger partial charge in [-0.3, -0.25) is 10.1 Å². The third-order valence-electron chi connectivity index (χ3n) is 4.19. The van der Waals surface area contributed by atoms with E-state index >= 15 is 0 Å². The Morgan fingerprint density at radius 2 is 1.93 bits per heavy atom. The van der Waals surface area contributed by atoms with Crippen molar-refractivity contribution in [3.05, 3.63) is 47.0 Å². The molecule has 1 aliphatic rings. The highest BCUT2D eigenvalue weighted by Gasteiger charge is 2.17. The molecule has 7 nitrogen and oxygen atoms in total. The van der Waals surface area contributed by atoms with Crippen molar-refractivity contribution in [3.63, 3.8) is 0 Å². The number of nitrogens with zero attached hydrogens (tertiary/aromatic N) is 1. The topological polar surface area (TPSA) is 86.8 Å². The van der Waals surface area contributed by atoms with Gasteiger partial charge < -0.3 is 14.2 Å². The molecule has 4 rings (SSSR count). The van der Waals surface area contributed by atoms with Gasteiger partial charge in [0.2, 0.25) is 0 Å². The van der Waals surface area contributed by atoms with Crippen molar-refractivity contribution in [2.75, 3.05) is 25.1 Å². The fourth-order valence-electron chi connectivity index (χ4n) is 2.96. The zero-order valence-electron chi connectivity index (χ0n) is 15.4. The van der Waals surface area contributed by atoms with E-state index in [1.807, 2.05) is 26.0 Å². The molecule has 1 aliphatic heterocycles. The Hall–Kier alpha value is -3.13. The lowest BCUT2D eigenvalue weighted by Crippen LogP contribution is -2.21. The summed E-state index contributed by atoms with van der Waals surface area (Å²) in [5, 5.41) is 3.16. The van der Waals surface area contributed by atoms with Crippen molar-refractivity contribution in [3.8, 4) is 11.5 Å². The smallest absolute Gasteiger partial charge is 0.338 e. The van der Waals surface area contributed by atoms with Crippen LogP contribution in [0.25, 0.3) is 10.2 Å². The van der Waals surface area contributed by atoms with Crippen LogP contribution in [0, 0.1) is 13.8 Å². The van der Waals surface area contributed by atoms with Crippen LogP contribution in [0.4, 0.5) is 5.13 Å². The van der Waals surface area contributed by atoms with E-state index in [0.717, 1.165) is 21.3 Å². The molecular formula is C20H18N2O5S. The van der Waals surface area contributed by atoms with Gasteiger partial charge in [-0.05, 0) is 49.2 Å². The van der Waals surface area contributed by atoms with Gasteiger partial charge in [-0.15, -0.1) is 0 Å². The number of esters is 1. The van der Waals surface area contributed by atoms with Crippen LogP contribution in [0.15, 0.2) is 30.3 Å². The molecule has 0 fully saturated rings. The molecule has 144 valence electrons. The molecule has 0 bridgehead atoms. The van der Waals surface area contributed by atoms with Crippen LogP contribution in [-0.4, -0.2) is 36.7 Å². The van der Waals surface area contributed by atoms with Crippen LogP contribution in [0.2, 0.25) is 0 Å². The summed E-state index contributed by atoms with van der Waals surface area (Å²) in [6.45, 7) is 4.50. The van der Waals surface area contributed by atoms with E-state index in [4.69, 9.17) is 14.2 Å². The first kappa shape index (κ1) is 18.2. The maximum Gasteiger partial charge on any atom is 0.338 e. The molecular weight excluding hydrogens is 380 g/mol. The number of hydrogen-bond donors (Lipinski definition) is 1. The average Bonchev–Trinajstić information content (AvgIpc) is 3.08. The number of amides is 1. The standard InChI is InChI=1S/C20H18N2O5S/c1-11-7-12(2)18-16(8-11)28-20(22-18)21-17(23)10-27-19(24)13-3-4-14-15(9-13)26-6-5-25-14/h3-4,7-9H,5-6,10H2,1-2H3,(H,21,22,23). The predicted molar refractivity (Wildman–Crippen MR) is 105 cm³/mol. The summed E-state index contributed by atoms with van der Waals surface area (Å²) in [5.74, 6) is 0.0226. The Kier molecular flexibility index (Phi) is 4.87. The Balaban J connectivity index is 1.38. The number of carbonyl (C=O) groups is 2. The Bertz CT molecular complexity index is 1080. The largest absolute Gasteiger partial charge is 0.486 e. The monoisotopic (exact) mass is 398 g/mol. The highest BCUT2D eigenvalue weighted by atomic mass is 32.1. The maximum atomic E-state index is 12.2. The van der Waals surface area contributed by atoms with Crippen LogP contribution in [-0.2, 0) is 9.53 Å². The average molecular weight is 398 g/mol. The summed E-state index contributed by atoms with van der Waals surface area (Å²) >= 11 is 1.39. The number of carbonyl (C=O) groups excluding carboxylic acids is 2. The fraction of sp³-hybridized carbons (Fsp3) is 0.250. The van der Waals surface area contributed by atoms with Crippen LogP contribution < -0.4 is 14.8 Å². The molecule has 8 heteroatoms. The minimum absolute atomic E-state index is 0.295. The highest BCUT2D eigenvalue weighted by molar-refractivity contribution is 7.22. The van der Waals surface area contributed by atoms with Gasteiger partial charge in [0.1, 0.15) is 13.2 Å². The lowest BCUT2D eigenvalue weighted by atomic mass is 10.1. The second kappa shape index (κ2) is 7.47. The molecule has 2 aromatic carbocycles. The SMILES string of the molecule is Cc1cc(C)c2nc(NC(=O)COC(=O)c3ccc4c(c3)OCCO4)sc2c1. The molecule has 2 heterocycles. The number of nitrogens with one attached hydrogen (secondary N) is 1. The van der Waals surface area contributed by atoms with E-state index in [-0.39, 0.29) is 0 Å². The number of hydrogen-bond acceptors (Lipinski definition) is 7. The molecule has 28 heavy (non-hydrogen) atoms. The number of aryl methyl sites for hydroxylation is 2. The Morgan fingerprint density at radius 3 is 2.75 bits per heavy atom. The summed E-state index contributed by atoms with van der Waals surface area (Å²) in [4.78, 5) is 28.8. The van der Waals surface area contributed by atoms with Gasteiger partial charge in [-0.1, -0.05) is 17.4 Å². The minimum Gasteiger partial charge on any atom is -0.486 e. The first-order valence-electron chi connectivity index (χ1n) is 8.74. The molecule has 0 aliphatic carbocycles. The fourth-order valence-corrected chi connectivity index (χ4v) is 4.02. The van der Waals surface area contributed by atoms with Crippen molar-refractivity contribution >= 4 is 38.6 Å². The number of aromatic nitrogens is 1. The number of thiazole rings is 1. The molecule has 1 amide bonds. The van der Waals surface area contributed by atoms with E-state index < -0.39 is 18.5 Å². The van der Waals surface area contributed by atoms with E-state index in [9.17, 15) is 9.59 Å². The first-order chi connectivity index (χ1) is 13.5. The van der Waals surface area contributed by atoms with Crippen LogP contribution in [0.5, 0.6) is 11.5 Å². The molecule has 1 aromatic heterocycles. The minimum atomic E-state index is -0.608. The van der Waals surface area contributed by atoms with Crippen LogP contribution in [0.3, 0.4) is 0 Å². The number of rotatable bonds is 4. The van der Waals surface area contributed by atoms with Crippen molar-refractivity contribution < 1.29 is 23.8 Å². The quantitative estimate of drug-likeness (QED) is 0.677. The Labute approximate surface area is 165 Å². The van der Waals surface area contributed by atoms with Gasteiger partial charge in [0, 0.05) is 0 Å². The molecule has 0 unspecified atom stereocenters. The first-order valence-corrected chi connectivity index (χ1v) is 9.55. The van der Waals surface area contributed by atoms with Crippen molar-refractivity contribution in [2.24, 2.45) is 0 Å². The maximum absolute atomic E-state index is 12.2. The summed E-state index contributed by atoms with van der Waals surface area (Å²) in [6, 6.07) is 8.84. The van der Waals surface area contributed by atoms with Gasteiger partial charge >= 0.3 is 5.97 Å². The zero-order chi connectivity index (χ0) is 19.7. The lowest BCUT2D eigenvalue weighted by Gasteiger charge is -2.18. The normalized spacial score (nSPS) is 12.6. The summed E-state index contributed by atoms with van der Waals surface area (Å²) in [5.41, 5.74) is 3.35. The molecule has 3 aromatic rings. The van der Waals surface area contributed by atoms with Crippen molar-refractivity contribution in [2.45, 2.75) is 13.8 Å². The van der Waals surface area contributed by atoms with E-state index in [1.165, 1.54) is 11.3 Å². The second-order valence-corrected chi connectivity index (χ2v) is 7.46. The van der Waals surface area contributed by atoms with Crippen molar-refractivity contribution in [1.82, 2.24) is 4.98 Å². The molecule has 0 radical (unpaired) electrons. The summed E-state index contributed by atoms with van der Waals surface area (Å²) in [7, 11) is 0.